The van der Waals surface area contributed by atoms with Crippen LogP contribution in [-0.2, 0) is 6.54 Å². The third kappa shape index (κ3) is 2.71. The summed E-state index contributed by atoms with van der Waals surface area (Å²) in [7, 11) is 0. The molecule has 3 heterocycles. The van der Waals surface area contributed by atoms with Gasteiger partial charge in [-0.3, -0.25) is 14.2 Å². The summed E-state index contributed by atoms with van der Waals surface area (Å²) in [4.78, 5) is 20.1. The number of fused-ring (bicyclic) bond motifs is 1. The molecule has 0 aliphatic heterocycles. The molecule has 8 nitrogen and oxygen atoms in total. The Labute approximate surface area is 126 Å². The number of aromatic nitrogens is 5. The zero-order valence-electron chi connectivity index (χ0n) is 11.9. The molecule has 112 valence electrons. The van der Waals surface area contributed by atoms with Crippen molar-refractivity contribution in [3.63, 3.8) is 0 Å². The lowest BCUT2D eigenvalue weighted by Gasteiger charge is -2.05. The van der Waals surface area contributed by atoms with Gasteiger partial charge in [0.1, 0.15) is 5.69 Å². The van der Waals surface area contributed by atoms with Crippen LogP contribution in [-0.4, -0.2) is 37.1 Å². The number of amides is 1. The minimum atomic E-state index is -0.267. The molecule has 8 heteroatoms. The molecule has 0 aromatic carbocycles. The molecular formula is C14H14N6O2. The van der Waals surface area contributed by atoms with Crippen molar-refractivity contribution in [3.05, 3.63) is 48.3 Å². The Hall–Kier alpha value is -3.03. The number of pyridine rings is 1. The molecule has 0 aliphatic rings. The van der Waals surface area contributed by atoms with Gasteiger partial charge < -0.3 is 10.1 Å². The van der Waals surface area contributed by atoms with E-state index in [9.17, 15) is 4.79 Å². The highest BCUT2D eigenvalue weighted by Gasteiger charge is 2.12. The first-order chi connectivity index (χ1) is 10.8. The van der Waals surface area contributed by atoms with Crippen LogP contribution in [0.5, 0.6) is 5.88 Å². The quantitative estimate of drug-likeness (QED) is 0.750. The normalized spacial score (nSPS) is 10.6. The Bertz CT molecular complexity index is 786. The van der Waals surface area contributed by atoms with Crippen molar-refractivity contribution in [1.29, 1.82) is 0 Å². The number of carbonyl (C=O) groups is 1. The third-order valence-electron chi connectivity index (χ3n) is 2.95. The van der Waals surface area contributed by atoms with Gasteiger partial charge in [0.2, 0.25) is 5.65 Å². The van der Waals surface area contributed by atoms with Crippen LogP contribution >= 0.6 is 0 Å². The summed E-state index contributed by atoms with van der Waals surface area (Å²) in [6.07, 6.45) is 4.90. The van der Waals surface area contributed by atoms with Crippen LogP contribution in [0.1, 0.15) is 23.2 Å². The molecule has 3 aromatic heterocycles. The van der Waals surface area contributed by atoms with E-state index in [4.69, 9.17) is 4.74 Å². The van der Waals surface area contributed by atoms with E-state index in [1.165, 1.54) is 0 Å². The maximum atomic E-state index is 12.0. The van der Waals surface area contributed by atoms with Gasteiger partial charge in [-0.2, -0.15) is 0 Å². The van der Waals surface area contributed by atoms with Gasteiger partial charge in [-0.15, -0.1) is 10.2 Å². The van der Waals surface area contributed by atoms with E-state index in [-0.39, 0.29) is 12.5 Å². The minimum Gasteiger partial charge on any atom is -0.475 e. The molecule has 3 aromatic rings. The fourth-order valence-electron chi connectivity index (χ4n) is 1.96. The molecular weight excluding hydrogens is 284 g/mol. The first-order valence-electron chi connectivity index (χ1n) is 6.80. The van der Waals surface area contributed by atoms with Crippen molar-refractivity contribution in [1.82, 2.24) is 29.9 Å². The second-order valence-electron chi connectivity index (χ2n) is 4.37. The monoisotopic (exact) mass is 298 g/mol. The van der Waals surface area contributed by atoms with Gasteiger partial charge in [0, 0.05) is 18.6 Å². The molecule has 1 amide bonds. The highest BCUT2D eigenvalue weighted by atomic mass is 16.5. The zero-order chi connectivity index (χ0) is 15.4. The Kier molecular flexibility index (Phi) is 3.90. The van der Waals surface area contributed by atoms with Gasteiger partial charge in [0.25, 0.3) is 11.8 Å². The van der Waals surface area contributed by atoms with Crippen LogP contribution in [0.2, 0.25) is 0 Å². The summed E-state index contributed by atoms with van der Waals surface area (Å²) < 4.78 is 7.13. The summed E-state index contributed by atoms with van der Waals surface area (Å²) in [6.45, 7) is 2.59. The fraction of sp³-hybridized carbons (Fsp3) is 0.214. The lowest BCUT2D eigenvalue weighted by molar-refractivity contribution is 0.0945. The number of rotatable bonds is 5. The first-order valence-corrected chi connectivity index (χ1v) is 6.80. The topological polar surface area (TPSA) is 94.3 Å². The summed E-state index contributed by atoms with van der Waals surface area (Å²) in [6, 6.07) is 5.16. The van der Waals surface area contributed by atoms with Crippen molar-refractivity contribution in [2.45, 2.75) is 13.5 Å². The summed E-state index contributed by atoms with van der Waals surface area (Å²) in [5.41, 5.74) is 0.874. The Morgan fingerprint density at radius 1 is 1.27 bits per heavy atom. The van der Waals surface area contributed by atoms with Crippen LogP contribution < -0.4 is 10.1 Å². The molecule has 0 radical (unpaired) electrons. The lowest BCUT2D eigenvalue weighted by Crippen LogP contribution is -2.24. The van der Waals surface area contributed by atoms with Crippen molar-refractivity contribution >= 4 is 11.6 Å². The number of ether oxygens (including phenoxy) is 1. The minimum absolute atomic E-state index is 0.228. The maximum Gasteiger partial charge on any atom is 0.270 e. The van der Waals surface area contributed by atoms with Crippen LogP contribution in [0.4, 0.5) is 0 Å². The summed E-state index contributed by atoms with van der Waals surface area (Å²) in [5, 5.41) is 10.9. The van der Waals surface area contributed by atoms with Gasteiger partial charge in [0.05, 0.1) is 13.2 Å². The van der Waals surface area contributed by atoms with Crippen molar-refractivity contribution in [3.8, 4) is 5.88 Å². The largest absolute Gasteiger partial charge is 0.475 e. The number of hydrogen-bond donors (Lipinski definition) is 1. The average Bonchev–Trinajstić information content (AvgIpc) is 2.98. The summed E-state index contributed by atoms with van der Waals surface area (Å²) in [5.74, 6) is 0.735. The molecule has 0 atom stereocenters. The Morgan fingerprint density at radius 3 is 2.95 bits per heavy atom. The second kappa shape index (κ2) is 6.17. The number of nitrogens with one attached hydrogen (secondary N) is 1. The molecule has 1 N–H and O–H groups in total. The Balaban J connectivity index is 1.77. The van der Waals surface area contributed by atoms with E-state index in [1.54, 1.807) is 41.2 Å². The first kappa shape index (κ1) is 13.9. The molecule has 0 aliphatic carbocycles. The predicted molar refractivity (Wildman–Crippen MR) is 77.4 cm³/mol. The molecule has 0 bridgehead atoms. The van der Waals surface area contributed by atoms with Crippen molar-refractivity contribution in [2.75, 3.05) is 6.61 Å². The maximum absolute atomic E-state index is 12.0. The van der Waals surface area contributed by atoms with E-state index in [0.717, 1.165) is 0 Å². The summed E-state index contributed by atoms with van der Waals surface area (Å²) >= 11 is 0. The van der Waals surface area contributed by atoms with E-state index in [1.807, 2.05) is 6.92 Å². The zero-order valence-corrected chi connectivity index (χ0v) is 11.9. The molecule has 0 saturated heterocycles. The van der Waals surface area contributed by atoms with Gasteiger partial charge >= 0.3 is 0 Å². The average molecular weight is 298 g/mol. The number of nitrogens with zero attached hydrogens (tertiary/aromatic N) is 5. The molecule has 3 rings (SSSR count). The lowest BCUT2D eigenvalue weighted by atomic mass is 10.3. The second-order valence-corrected chi connectivity index (χ2v) is 4.37. The third-order valence-corrected chi connectivity index (χ3v) is 2.95. The van der Waals surface area contributed by atoms with Crippen LogP contribution in [0.3, 0.4) is 0 Å². The van der Waals surface area contributed by atoms with Crippen LogP contribution in [0.15, 0.2) is 36.8 Å². The molecule has 0 saturated carbocycles. The van der Waals surface area contributed by atoms with E-state index >= 15 is 0 Å². The molecule has 0 spiro atoms. The SMILES string of the molecule is CCOc1nccn2c(CNC(=O)c3ccccn3)nnc12. The molecule has 0 fully saturated rings. The smallest absolute Gasteiger partial charge is 0.270 e. The van der Waals surface area contributed by atoms with Crippen molar-refractivity contribution < 1.29 is 9.53 Å². The van der Waals surface area contributed by atoms with E-state index < -0.39 is 0 Å². The van der Waals surface area contributed by atoms with Crippen LogP contribution in [0, 0.1) is 0 Å². The Morgan fingerprint density at radius 2 is 2.18 bits per heavy atom. The van der Waals surface area contributed by atoms with Crippen molar-refractivity contribution in [2.24, 2.45) is 0 Å². The van der Waals surface area contributed by atoms with Gasteiger partial charge in [0.15, 0.2) is 5.82 Å². The molecule has 22 heavy (non-hydrogen) atoms. The predicted octanol–water partition coefficient (Wildman–Crippen LogP) is 0.848. The fourth-order valence-corrected chi connectivity index (χ4v) is 1.96. The number of carbonyl (C=O) groups excluding carboxylic acids is 1. The van der Waals surface area contributed by atoms with E-state index in [2.05, 4.69) is 25.5 Å². The van der Waals surface area contributed by atoms with E-state index in [0.29, 0.717) is 29.7 Å². The highest BCUT2D eigenvalue weighted by molar-refractivity contribution is 5.92. The molecule has 0 unspecified atom stereocenters. The standard InChI is InChI=1S/C14H14N6O2/c1-2-22-14-12-19-18-11(20(12)8-7-16-14)9-17-13(21)10-5-3-4-6-15-10/h3-8H,2,9H2,1H3,(H,17,21). The van der Waals surface area contributed by atoms with Crippen LogP contribution in [0.25, 0.3) is 5.65 Å². The number of hydrogen-bond acceptors (Lipinski definition) is 6. The van der Waals surface area contributed by atoms with Gasteiger partial charge in [-0.1, -0.05) is 6.07 Å². The van der Waals surface area contributed by atoms with Gasteiger partial charge in [-0.25, -0.2) is 4.98 Å². The van der Waals surface area contributed by atoms with Gasteiger partial charge in [-0.05, 0) is 19.1 Å². The highest BCUT2D eigenvalue weighted by Crippen LogP contribution is 2.14.